The topological polar surface area (TPSA) is 42.9 Å². The molecule has 0 amide bonds. The van der Waals surface area contributed by atoms with E-state index in [-0.39, 0.29) is 5.78 Å². The number of carbonyl (C=O) groups is 1. The van der Waals surface area contributed by atoms with E-state index in [0.29, 0.717) is 5.75 Å². The molecule has 23 heavy (non-hydrogen) atoms. The monoisotopic (exact) mass is 404 g/mol. The van der Waals surface area contributed by atoms with E-state index in [1.165, 1.54) is 34.0 Å². The summed E-state index contributed by atoms with van der Waals surface area (Å²) in [6, 6.07) is 7.49. The van der Waals surface area contributed by atoms with Crippen LogP contribution in [-0.4, -0.2) is 21.5 Å². The van der Waals surface area contributed by atoms with Crippen molar-refractivity contribution in [2.45, 2.75) is 24.3 Å². The van der Waals surface area contributed by atoms with Crippen molar-refractivity contribution in [3.05, 3.63) is 51.1 Å². The quantitative estimate of drug-likeness (QED) is 0.351. The molecule has 0 N–H and O–H groups in total. The molecule has 0 fully saturated rings. The smallest absolute Gasteiger partial charge is 0.173 e. The molecule has 0 radical (unpaired) electrons. The second-order valence-electron chi connectivity index (χ2n) is 5.44. The number of hydrogen-bond acceptors (Lipinski definition) is 5. The first-order valence-electron chi connectivity index (χ1n) is 7.39. The Kier molecular flexibility index (Phi) is 4.22. The average Bonchev–Trinajstić information content (AvgIpc) is 3.14. The number of hydrogen-bond donors (Lipinski definition) is 0. The highest BCUT2D eigenvalue weighted by atomic mass is 79.9. The number of benzene rings is 1. The van der Waals surface area contributed by atoms with E-state index in [1.807, 2.05) is 24.3 Å². The maximum Gasteiger partial charge on any atom is 0.173 e. The lowest BCUT2D eigenvalue weighted by atomic mass is 10.2. The maximum atomic E-state index is 12.4. The van der Waals surface area contributed by atoms with E-state index in [1.54, 1.807) is 17.7 Å². The van der Waals surface area contributed by atoms with Gasteiger partial charge in [-0.1, -0.05) is 39.8 Å². The molecular weight excluding hydrogens is 392 g/mol. The molecule has 2 aromatic heterocycles. The molecule has 0 spiro atoms. The van der Waals surface area contributed by atoms with Crippen molar-refractivity contribution in [3.8, 4) is 0 Å². The van der Waals surface area contributed by atoms with E-state index >= 15 is 0 Å². The molecule has 6 heteroatoms. The Morgan fingerprint density at radius 1 is 1.22 bits per heavy atom. The highest BCUT2D eigenvalue weighted by molar-refractivity contribution is 9.10. The SMILES string of the molecule is O=C(CSc1ncnc2sc3c(c12)CCC3)c1ccc(Br)cc1. The third-order valence-corrected chi connectivity index (χ3v) is 6.69. The van der Waals surface area contributed by atoms with Gasteiger partial charge in [0.15, 0.2) is 5.78 Å². The van der Waals surface area contributed by atoms with E-state index in [0.717, 1.165) is 32.7 Å². The van der Waals surface area contributed by atoms with Crippen LogP contribution in [0.25, 0.3) is 10.2 Å². The molecule has 0 saturated carbocycles. The molecule has 0 unspecified atom stereocenters. The van der Waals surface area contributed by atoms with Gasteiger partial charge in [-0.05, 0) is 37.0 Å². The summed E-state index contributed by atoms with van der Waals surface area (Å²) >= 11 is 6.69. The molecule has 0 saturated heterocycles. The molecule has 0 bridgehead atoms. The van der Waals surface area contributed by atoms with Gasteiger partial charge in [0.1, 0.15) is 16.2 Å². The summed E-state index contributed by atoms with van der Waals surface area (Å²) in [5.41, 5.74) is 2.14. The third-order valence-electron chi connectivity index (χ3n) is 3.97. The molecule has 0 aliphatic heterocycles. The third kappa shape index (κ3) is 2.95. The van der Waals surface area contributed by atoms with Crippen molar-refractivity contribution < 1.29 is 4.79 Å². The molecule has 0 atom stereocenters. The number of nitrogens with zero attached hydrogens (tertiary/aromatic N) is 2. The normalized spacial score (nSPS) is 13.4. The Labute approximate surface area is 150 Å². The lowest BCUT2D eigenvalue weighted by Crippen LogP contribution is -2.02. The highest BCUT2D eigenvalue weighted by Crippen LogP contribution is 2.40. The van der Waals surface area contributed by atoms with Gasteiger partial charge in [0.25, 0.3) is 0 Å². The molecule has 1 aromatic carbocycles. The first-order chi connectivity index (χ1) is 11.2. The number of ketones is 1. The predicted octanol–water partition coefficient (Wildman–Crippen LogP) is 4.92. The van der Waals surface area contributed by atoms with Crippen molar-refractivity contribution in [2.75, 3.05) is 5.75 Å². The Bertz CT molecular complexity index is 889. The van der Waals surface area contributed by atoms with Crippen LogP contribution in [0.15, 0.2) is 40.1 Å². The minimum atomic E-state index is 0.126. The summed E-state index contributed by atoms with van der Waals surface area (Å²) in [4.78, 5) is 23.7. The van der Waals surface area contributed by atoms with Crippen molar-refractivity contribution in [1.82, 2.24) is 9.97 Å². The minimum absolute atomic E-state index is 0.126. The minimum Gasteiger partial charge on any atom is -0.293 e. The van der Waals surface area contributed by atoms with Crippen LogP contribution < -0.4 is 0 Å². The van der Waals surface area contributed by atoms with E-state index in [4.69, 9.17) is 0 Å². The fraction of sp³-hybridized carbons (Fsp3) is 0.235. The second kappa shape index (κ2) is 6.34. The van der Waals surface area contributed by atoms with Crippen LogP contribution in [0.5, 0.6) is 0 Å². The predicted molar refractivity (Wildman–Crippen MR) is 98.6 cm³/mol. The van der Waals surface area contributed by atoms with Crippen molar-refractivity contribution >= 4 is 55.0 Å². The number of carbonyl (C=O) groups excluding carboxylic acids is 1. The van der Waals surface area contributed by atoms with Crippen LogP contribution in [0.3, 0.4) is 0 Å². The van der Waals surface area contributed by atoms with Gasteiger partial charge < -0.3 is 0 Å². The van der Waals surface area contributed by atoms with Gasteiger partial charge in [0.2, 0.25) is 0 Å². The Balaban J connectivity index is 1.58. The van der Waals surface area contributed by atoms with Gasteiger partial charge in [0.05, 0.1) is 5.75 Å². The molecule has 2 heterocycles. The van der Waals surface area contributed by atoms with Crippen LogP contribution in [-0.2, 0) is 12.8 Å². The molecule has 1 aliphatic rings. The Morgan fingerprint density at radius 2 is 2.04 bits per heavy atom. The fourth-order valence-corrected chi connectivity index (χ4v) is 5.34. The number of Topliss-reactive ketones (excluding diaryl/α,β-unsaturated/α-hetero) is 1. The van der Waals surface area contributed by atoms with Gasteiger partial charge in [-0.25, -0.2) is 9.97 Å². The van der Waals surface area contributed by atoms with Crippen LogP contribution in [0, 0.1) is 0 Å². The number of aromatic nitrogens is 2. The number of fused-ring (bicyclic) bond motifs is 3. The molecule has 116 valence electrons. The zero-order valence-corrected chi connectivity index (χ0v) is 15.4. The van der Waals surface area contributed by atoms with E-state index in [9.17, 15) is 4.79 Å². The lowest BCUT2D eigenvalue weighted by Gasteiger charge is -2.04. The Hall–Kier alpha value is -1.24. The van der Waals surface area contributed by atoms with E-state index in [2.05, 4.69) is 25.9 Å². The van der Waals surface area contributed by atoms with Crippen LogP contribution in [0.4, 0.5) is 0 Å². The molecule has 1 aliphatic carbocycles. The highest BCUT2D eigenvalue weighted by Gasteiger charge is 2.21. The fourth-order valence-electron chi connectivity index (χ4n) is 2.86. The van der Waals surface area contributed by atoms with Crippen LogP contribution >= 0.6 is 39.0 Å². The lowest BCUT2D eigenvalue weighted by molar-refractivity contribution is 0.102. The van der Waals surface area contributed by atoms with Gasteiger partial charge in [-0.3, -0.25) is 4.79 Å². The largest absolute Gasteiger partial charge is 0.293 e. The first-order valence-corrected chi connectivity index (χ1v) is 9.98. The number of aryl methyl sites for hydroxylation is 2. The zero-order chi connectivity index (χ0) is 15.8. The number of halogens is 1. The molecule has 3 aromatic rings. The van der Waals surface area contributed by atoms with Crippen molar-refractivity contribution in [2.24, 2.45) is 0 Å². The zero-order valence-electron chi connectivity index (χ0n) is 12.2. The van der Waals surface area contributed by atoms with Gasteiger partial charge in [-0.2, -0.15) is 0 Å². The first kappa shape index (κ1) is 15.3. The molecule has 3 nitrogen and oxygen atoms in total. The second-order valence-corrected chi connectivity index (χ2v) is 8.40. The number of thiophene rings is 1. The van der Waals surface area contributed by atoms with Gasteiger partial charge in [-0.15, -0.1) is 11.3 Å². The standard InChI is InChI=1S/C17H13BrN2OS2/c18-11-6-4-10(5-7-11)13(21)8-22-16-15-12-2-1-3-14(12)23-17(15)20-9-19-16/h4-7,9H,1-3,8H2. The number of rotatable bonds is 4. The molecule has 4 rings (SSSR count). The Morgan fingerprint density at radius 3 is 2.87 bits per heavy atom. The van der Waals surface area contributed by atoms with Gasteiger partial charge in [0, 0.05) is 20.3 Å². The summed E-state index contributed by atoms with van der Waals surface area (Å²) in [7, 11) is 0. The summed E-state index contributed by atoms with van der Waals surface area (Å²) in [6.45, 7) is 0. The molecular formula is C17H13BrN2OS2. The average molecular weight is 405 g/mol. The summed E-state index contributed by atoms with van der Waals surface area (Å²) < 4.78 is 0.980. The summed E-state index contributed by atoms with van der Waals surface area (Å²) in [6.07, 6.45) is 5.09. The van der Waals surface area contributed by atoms with Crippen molar-refractivity contribution in [1.29, 1.82) is 0 Å². The van der Waals surface area contributed by atoms with E-state index < -0.39 is 0 Å². The van der Waals surface area contributed by atoms with Crippen LogP contribution in [0.2, 0.25) is 0 Å². The summed E-state index contributed by atoms with van der Waals surface area (Å²) in [5.74, 6) is 0.527. The summed E-state index contributed by atoms with van der Waals surface area (Å²) in [5, 5.41) is 2.12. The van der Waals surface area contributed by atoms with Crippen molar-refractivity contribution in [3.63, 3.8) is 0 Å². The van der Waals surface area contributed by atoms with Gasteiger partial charge >= 0.3 is 0 Å². The van der Waals surface area contributed by atoms with Crippen LogP contribution in [0.1, 0.15) is 27.2 Å². The number of thioether (sulfide) groups is 1. The maximum absolute atomic E-state index is 12.4.